The molecule has 0 atom stereocenters. The number of anilines is 1. The van der Waals surface area contributed by atoms with Crippen LogP contribution in [0.25, 0.3) is 10.5 Å². The molecule has 0 saturated carbocycles. The van der Waals surface area contributed by atoms with Gasteiger partial charge in [-0.15, -0.1) is 0 Å². The molecule has 1 fully saturated rings. The highest BCUT2D eigenvalue weighted by Crippen LogP contribution is 2.23. The molecular formula is C21H31N5O3S. The summed E-state index contributed by atoms with van der Waals surface area (Å²) in [5, 5.41) is 5.05. The Morgan fingerprint density at radius 2 is 1.87 bits per heavy atom. The Hall–Kier alpha value is -2.68. The van der Waals surface area contributed by atoms with Gasteiger partial charge in [-0.2, -0.15) is 9.61 Å². The van der Waals surface area contributed by atoms with Crippen LogP contribution in [-0.4, -0.2) is 57.4 Å². The van der Waals surface area contributed by atoms with Gasteiger partial charge in [0.1, 0.15) is 16.4 Å². The maximum absolute atomic E-state index is 12.5. The number of allylic oxidation sites excluding steroid dienone is 3. The minimum Gasteiger partial charge on any atom is -0.444 e. The molecule has 0 N–H and O–H groups in total. The lowest BCUT2D eigenvalue weighted by Crippen LogP contribution is -2.50. The molecule has 3 heterocycles. The first-order chi connectivity index (χ1) is 14.2. The molecule has 1 aliphatic heterocycles. The van der Waals surface area contributed by atoms with Crippen molar-refractivity contribution in [2.75, 3.05) is 31.1 Å². The van der Waals surface area contributed by atoms with Crippen molar-refractivity contribution in [3.8, 4) is 0 Å². The summed E-state index contributed by atoms with van der Waals surface area (Å²) in [6.07, 6.45) is 3.29. The first kappa shape index (κ1) is 23.6. The number of ether oxygens (including phenoxy) is 1. The number of hydrogen-bond donors (Lipinski definition) is 0. The summed E-state index contributed by atoms with van der Waals surface area (Å²) in [5.74, 6) is 0.602. The molecule has 0 aromatic carbocycles. The van der Waals surface area contributed by atoms with Crippen molar-refractivity contribution >= 4 is 33.8 Å². The second-order valence-corrected chi connectivity index (χ2v) is 8.41. The molecule has 1 saturated heterocycles. The lowest BCUT2D eigenvalue weighted by Gasteiger charge is -2.36. The number of rotatable bonds is 3. The minimum atomic E-state index is -0.517. The van der Waals surface area contributed by atoms with E-state index in [0.29, 0.717) is 42.0 Å². The van der Waals surface area contributed by atoms with E-state index < -0.39 is 5.60 Å². The summed E-state index contributed by atoms with van der Waals surface area (Å²) >= 11 is 1.35. The van der Waals surface area contributed by atoms with Gasteiger partial charge in [0.05, 0.1) is 0 Å². The fourth-order valence-electron chi connectivity index (χ4n) is 2.85. The van der Waals surface area contributed by atoms with Crippen LogP contribution in [0.1, 0.15) is 46.6 Å². The summed E-state index contributed by atoms with van der Waals surface area (Å²) in [7, 11) is 0. The topological polar surface area (TPSA) is 80.0 Å². The molecule has 30 heavy (non-hydrogen) atoms. The van der Waals surface area contributed by atoms with Crippen LogP contribution in [-0.2, 0) is 4.74 Å². The summed E-state index contributed by atoms with van der Waals surface area (Å²) in [6.45, 7) is 17.4. The molecule has 1 amide bonds. The highest BCUT2D eigenvalue weighted by molar-refractivity contribution is 7.17. The Bertz CT molecular complexity index is 979. The van der Waals surface area contributed by atoms with E-state index in [9.17, 15) is 9.59 Å². The number of carbonyl (C=O) groups is 1. The SMILES string of the molecule is C=C/C(=C\C)c1nn2c(=O)cc(N3CCN(C(=O)OC(C)(C)C)CC3)nc2s1.CC. The van der Waals surface area contributed by atoms with Crippen LogP contribution in [0.3, 0.4) is 0 Å². The normalized spacial score (nSPS) is 14.9. The molecule has 0 radical (unpaired) electrons. The molecular weight excluding hydrogens is 402 g/mol. The van der Waals surface area contributed by atoms with Crippen LogP contribution >= 0.6 is 11.3 Å². The highest BCUT2D eigenvalue weighted by Gasteiger charge is 2.26. The van der Waals surface area contributed by atoms with E-state index in [4.69, 9.17) is 4.74 Å². The first-order valence-corrected chi connectivity index (χ1v) is 11.0. The van der Waals surface area contributed by atoms with E-state index in [1.54, 1.807) is 11.0 Å². The second-order valence-electron chi connectivity index (χ2n) is 7.46. The number of piperazine rings is 1. The van der Waals surface area contributed by atoms with Crippen LogP contribution in [0, 0.1) is 0 Å². The van der Waals surface area contributed by atoms with Gasteiger partial charge in [-0.1, -0.05) is 43.9 Å². The quantitative estimate of drug-likeness (QED) is 0.685. The lowest BCUT2D eigenvalue weighted by atomic mass is 10.2. The van der Waals surface area contributed by atoms with Gasteiger partial charge in [-0.3, -0.25) is 4.79 Å². The molecule has 2 aromatic rings. The number of aromatic nitrogens is 3. The molecule has 0 unspecified atom stereocenters. The minimum absolute atomic E-state index is 0.225. The zero-order chi connectivity index (χ0) is 22.5. The van der Waals surface area contributed by atoms with E-state index in [-0.39, 0.29) is 11.7 Å². The third-order valence-corrected chi connectivity index (χ3v) is 5.22. The van der Waals surface area contributed by atoms with Gasteiger partial charge in [0.2, 0.25) is 4.96 Å². The van der Waals surface area contributed by atoms with Gasteiger partial charge in [0, 0.05) is 37.8 Å². The first-order valence-electron chi connectivity index (χ1n) is 10.1. The largest absolute Gasteiger partial charge is 0.444 e. The standard InChI is InChI=1S/C19H25N5O3S.C2H6/c1-6-13(7-2)16-21-24-15(25)12-14(20-17(24)28-16)22-8-10-23(11-9-22)18(26)27-19(3,4)5;1-2/h6-7,12H,1,8-11H2,2-5H3;1-2H3/b13-7+;. The highest BCUT2D eigenvalue weighted by atomic mass is 32.1. The van der Waals surface area contributed by atoms with Gasteiger partial charge in [0.25, 0.3) is 5.56 Å². The Balaban J connectivity index is 0.00000155. The average Bonchev–Trinajstić information content (AvgIpc) is 3.14. The predicted octanol–water partition coefficient (Wildman–Crippen LogP) is 3.82. The van der Waals surface area contributed by atoms with Crippen LogP contribution in [0.5, 0.6) is 0 Å². The smallest absolute Gasteiger partial charge is 0.410 e. The van der Waals surface area contributed by atoms with Crippen molar-refractivity contribution in [1.82, 2.24) is 19.5 Å². The Labute approximate surface area is 181 Å². The number of hydrogen-bond acceptors (Lipinski definition) is 7. The maximum Gasteiger partial charge on any atom is 0.410 e. The van der Waals surface area contributed by atoms with E-state index in [1.165, 1.54) is 21.9 Å². The number of carbonyl (C=O) groups excluding carboxylic acids is 1. The van der Waals surface area contributed by atoms with Crippen molar-refractivity contribution in [1.29, 1.82) is 0 Å². The third kappa shape index (κ3) is 5.47. The summed E-state index contributed by atoms with van der Waals surface area (Å²) < 4.78 is 6.73. The fraction of sp³-hybridized carbons (Fsp3) is 0.524. The van der Waals surface area contributed by atoms with Gasteiger partial charge < -0.3 is 14.5 Å². The number of nitrogens with zero attached hydrogens (tertiary/aromatic N) is 5. The zero-order valence-electron chi connectivity index (χ0n) is 18.6. The van der Waals surface area contributed by atoms with E-state index in [0.717, 1.165) is 5.57 Å². The summed E-state index contributed by atoms with van der Waals surface area (Å²) in [4.78, 5) is 33.5. The van der Waals surface area contributed by atoms with E-state index in [1.807, 2.05) is 52.5 Å². The summed E-state index contributed by atoms with van der Waals surface area (Å²) in [5.41, 5.74) is 0.121. The predicted molar refractivity (Wildman–Crippen MR) is 122 cm³/mol. The van der Waals surface area contributed by atoms with E-state index in [2.05, 4.69) is 16.7 Å². The molecule has 3 rings (SSSR count). The molecule has 1 aliphatic rings. The molecule has 0 aliphatic carbocycles. The second kappa shape index (κ2) is 9.88. The summed E-state index contributed by atoms with van der Waals surface area (Å²) in [6, 6.07) is 1.49. The van der Waals surface area contributed by atoms with E-state index >= 15 is 0 Å². The monoisotopic (exact) mass is 433 g/mol. The van der Waals surface area contributed by atoms with Gasteiger partial charge in [-0.25, -0.2) is 9.78 Å². The van der Waals surface area contributed by atoms with Crippen molar-refractivity contribution in [3.05, 3.63) is 40.2 Å². The Morgan fingerprint density at radius 1 is 1.23 bits per heavy atom. The van der Waals surface area contributed by atoms with Crippen molar-refractivity contribution in [2.24, 2.45) is 0 Å². The molecule has 0 bridgehead atoms. The Morgan fingerprint density at radius 3 is 2.40 bits per heavy atom. The third-order valence-electron chi connectivity index (χ3n) is 4.26. The van der Waals surface area contributed by atoms with Gasteiger partial charge in [-0.05, 0) is 27.7 Å². The van der Waals surface area contributed by atoms with Crippen molar-refractivity contribution in [2.45, 2.75) is 47.1 Å². The molecule has 164 valence electrons. The molecule has 9 heteroatoms. The lowest BCUT2D eigenvalue weighted by molar-refractivity contribution is 0.0240. The maximum atomic E-state index is 12.5. The van der Waals surface area contributed by atoms with Crippen molar-refractivity contribution in [3.63, 3.8) is 0 Å². The van der Waals surface area contributed by atoms with Crippen LogP contribution in [0.15, 0.2) is 29.6 Å². The molecule has 2 aromatic heterocycles. The van der Waals surface area contributed by atoms with Crippen LogP contribution in [0.4, 0.5) is 10.6 Å². The number of fused-ring (bicyclic) bond motifs is 1. The fourth-order valence-corrected chi connectivity index (χ4v) is 3.82. The number of amides is 1. The van der Waals surface area contributed by atoms with Gasteiger partial charge >= 0.3 is 6.09 Å². The van der Waals surface area contributed by atoms with Crippen molar-refractivity contribution < 1.29 is 9.53 Å². The van der Waals surface area contributed by atoms with Crippen LogP contribution in [0.2, 0.25) is 0 Å². The van der Waals surface area contributed by atoms with Crippen LogP contribution < -0.4 is 10.5 Å². The molecule has 8 nitrogen and oxygen atoms in total. The zero-order valence-corrected chi connectivity index (χ0v) is 19.5. The average molecular weight is 434 g/mol. The Kier molecular flexibility index (Phi) is 7.77. The molecule has 0 spiro atoms. The van der Waals surface area contributed by atoms with Gasteiger partial charge in [0.15, 0.2) is 0 Å².